The summed E-state index contributed by atoms with van der Waals surface area (Å²) in [5.41, 5.74) is -0.622. The first-order valence-corrected chi connectivity index (χ1v) is 14.0. The third kappa shape index (κ3) is 7.50. The van der Waals surface area contributed by atoms with E-state index in [0.29, 0.717) is 13.0 Å². The van der Waals surface area contributed by atoms with E-state index in [0.717, 1.165) is 5.06 Å². The molecule has 0 saturated carbocycles. The predicted molar refractivity (Wildman–Crippen MR) is 142 cm³/mol. The van der Waals surface area contributed by atoms with E-state index in [1.807, 2.05) is 57.2 Å². The highest BCUT2D eigenvalue weighted by molar-refractivity contribution is 6.99. The van der Waals surface area contributed by atoms with Crippen molar-refractivity contribution >= 4 is 30.6 Å². The van der Waals surface area contributed by atoms with Crippen LogP contribution in [0.1, 0.15) is 54.4 Å². The van der Waals surface area contributed by atoms with E-state index in [-0.39, 0.29) is 17.4 Å². The summed E-state index contributed by atoms with van der Waals surface area (Å²) < 4.78 is 12.4. The molecule has 35 heavy (non-hydrogen) atoms. The number of nitrogens with zero attached hydrogens (tertiary/aromatic N) is 1. The Labute approximate surface area is 211 Å². The first-order valence-electron chi connectivity index (χ1n) is 12.1. The molecular formula is C28H41NO5Si. The van der Waals surface area contributed by atoms with E-state index in [9.17, 15) is 9.59 Å². The number of rotatable bonds is 10. The Morgan fingerprint density at radius 2 is 1.37 bits per heavy atom. The zero-order valence-corrected chi connectivity index (χ0v) is 23.5. The molecule has 1 unspecified atom stereocenters. The van der Waals surface area contributed by atoms with Crippen molar-refractivity contribution in [3.05, 3.63) is 60.7 Å². The molecule has 192 valence electrons. The first-order chi connectivity index (χ1) is 16.3. The quantitative estimate of drug-likeness (QED) is 0.277. The van der Waals surface area contributed by atoms with Crippen molar-refractivity contribution in [1.29, 1.82) is 0 Å². The lowest BCUT2D eigenvalue weighted by atomic mass is 10.0. The molecule has 1 amide bonds. The van der Waals surface area contributed by atoms with Crippen molar-refractivity contribution in [2.45, 2.75) is 65.0 Å². The molecule has 0 saturated heterocycles. The van der Waals surface area contributed by atoms with E-state index in [2.05, 4.69) is 45.0 Å². The van der Waals surface area contributed by atoms with Gasteiger partial charge in [0.25, 0.3) is 8.32 Å². The molecule has 0 radical (unpaired) electrons. The number of hydrogen-bond acceptors (Lipinski definition) is 5. The second-order valence-electron chi connectivity index (χ2n) is 10.8. The van der Waals surface area contributed by atoms with Gasteiger partial charge >= 0.3 is 5.97 Å². The molecule has 1 atom stereocenters. The molecule has 0 aliphatic heterocycles. The molecule has 0 fully saturated rings. The summed E-state index contributed by atoms with van der Waals surface area (Å²) in [7, 11) is 0.244. The van der Waals surface area contributed by atoms with Crippen LogP contribution in [0.2, 0.25) is 5.04 Å². The SMILES string of the molecule is CON(C)C(=O)C(CCO[Si](c1ccccc1)(c1ccccc1)C(C)(C)C)CC(=O)OC(C)(C)C. The van der Waals surface area contributed by atoms with Gasteiger partial charge in [-0.3, -0.25) is 14.4 Å². The minimum atomic E-state index is -2.74. The number of carbonyl (C=O) groups is 2. The number of amides is 1. The standard InChI is InChI=1S/C28H41NO5Si/c1-27(2,3)34-25(30)21-22(26(31)29(7)32-8)19-20-33-35(28(4,5)6,23-15-11-9-12-16-23)24-17-13-10-14-18-24/h9-18,22H,19-21H2,1-8H3. The largest absolute Gasteiger partial charge is 0.460 e. The maximum Gasteiger partial charge on any atom is 0.307 e. The lowest BCUT2D eigenvalue weighted by molar-refractivity contribution is -0.177. The molecular weight excluding hydrogens is 458 g/mol. The molecule has 6 nitrogen and oxygen atoms in total. The van der Waals surface area contributed by atoms with Gasteiger partial charge in [-0.25, -0.2) is 5.06 Å². The second-order valence-corrected chi connectivity index (χ2v) is 15.1. The van der Waals surface area contributed by atoms with Crippen LogP contribution in [0.15, 0.2) is 60.7 Å². The normalized spacial score (nSPS) is 13.3. The van der Waals surface area contributed by atoms with E-state index in [1.54, 1.807) is 7.05 Å². The van der Waals surface area contributed by atoms with Gasteiger partial charge in [-0.1, -0.05) is 81.4 Å². The van der Waals surface area contributed by atoms with Crippen LogP contribution in [0.5, 0.6) is 0 Å². The molecule has 0 aliphatic rings. The number of carbonyl (C=O) groups excluding carboxylic acids is 2. The third-order valence-corrected chi connectivity index (χ3v) is 11.0. The Morgan fingerprint density at radius 1 is 0.886 bits per heavy atom. The molecule has 0 aromatic heterocycles. The fraction of sp³-hybridized carbons (Fsp3) is 0.500. The average Bonchev–Trinajstić information content (AvgIpc) is 2.79. The van der Waals surface area contributed by atoms with E-state index in [1.165, 1.54) is 17.5 Å². The number of benzene rings is 2. The molecule has 7 heteroatoms. The second kappa shape index (κ2) is 12.0. The Bertz CT molecular complexity index is 911. The number of esters is 1. The Morgan fingerprint density at radius 3 is 1.77 bits per heavy atom. The summed E-state index contributed by atoms with van der Waals surface area (Å²) in [5, 5.41) is 3.33. The maximum atomic E-state index is 13.0. The minimum absolute atomic E-state index is 0.0338. The lowest BCUT2D eigenvalue weighted by Gasteiger charge is -2.43. The van der Waals surface area contributed by atoms with E-state index in [4.69, 9.17) is 14.0 Å². The zero-order chi connectivity index (χ0) is 26.3. The van der Waals surface area contributed by atoms with Crippen molar-refractivity contribution in [1.82, 2.24) is 5.06 Å². The summed E-state index contributed by atoms with van der Waals surface area (Å²) in [5.74, 6) is -1.30. The predicted octanol–water partition coefficient (Wildman–Crippen LogP) is 4.32. The van der Waals surface area contributed by atoms with Gasteiger partial charge in [-0.2, -0.15) is 0 Å². The number of hydrogen-bond donors (Lipinski definition) is 0. The van der Waals surface area contributed by atoms with Crippen molar-refractivity contribution in [3.63, 3.8) is 0 Å². The van der Waals surface area contributed by atoms with Crippen molar-refractivity contribution in [2.75, 3.05) is 20.8 Å². The molecule has 0 N–H and O–H groups in total. The van der Waals surface area contributed by atoms with E-state index >= 15 is 0 Å². The van der Waals surface area contributed by atoms with Gasteiger partial charge in [0.15, 0.2) is 0 Å². The Hall–Kier alpha value is -2.48. The lowest BCUT2D eigenvalue weighted by Crippen LogP contribution is -2.66. The molecule has 0 spiro atoms. The van der Waals surface area contributed by atoms with Gasteiger partial charge in [0, 0.05) is 13.7 Å². The van der Waals surface area contributed by atoms with Crippen LogP contribution in [-0.2, 0) is 23.6 Å². The summed E-state index contributed by atoms with van der Waals surface area (Å²) in [4.78, 5) is 30.7. The van der Waals surface area contributed by atoms with Crippen LogP contribution < -0.4 is 10.4 Å². The highest BCUT2D eigenvalue weighted by atomic mass is 28.4. The molecule has 2 rings (SSSR count). The van der Waals surface area contributed by atoms with Crippen LogP contribution in [-0.4, -0.2) is 51.6 Å². The summed E-state index contributed by atoms with van der Waals surface area (Å²) in [6.45, 7) is 12.4. The summed E-state index contributed by atoms with van der Waals surface area (Å²) >= 11 is 0. The van der Waals surface area contributed by atoms with Gasteiger partial charge in [0.1, 0.15) is 5.60 Å². The smallest absolute Gasteiger partial charge is 0.307 e. The first kappa shape index (κ1) is 28.8. The molecule has 0 heterocycles. The summed E-state index contributed by atoms with van der Waals surface area (Å²) in [6.07, 6.45) is 0.337. The Kier molecular flexibility index (Phi) is 9.83. The zero-order valence-electron chi connectivity index (χ0n) is 22.5. The molecule has 2 aromatic carbocycles. The van der Waals surface area contributed by atoms with Crippen LogP contribution in [0.3, 0.4) is 0 Å². The van der Waals surface area contributed by atoms with Crippen LogP contribution in [0.25, 0.3) is 0 Å². The summed E-state index contributed by atoms with van der Waals surface area (Å²) in [6, 6.07) is 20.7. The van der Waals surface area contributed by atoms with Gasteiger partial charge < -0.3 is 9.16 Å². The van der Waals surface area contributed by atoms with Crippen LogP contribution in [0.4, 0.5) is 0 Å². The van der Waals surface area contributed by atoms with Gasteiger partial charge in [-0.05, 0) is 42.6 Å². The monoisotopic (exact) mass is 499 g/mol. The van der Waals surface area contributed by atoms with Crippen LogP contribution in [0, 0.1) is 5.92 Å². The highest BCUT2D eigenvalue weighted by Gasteiger charge is 2.50. The van der Waals surface area contributed by atoms with Crippen molar-refractivity contribution in [3.8, 4) is 0 Å². The maximum absolute atomic E-state index is 13.0. The van der Waals surface area contributed by atoms with Crippen molar-refractivity contribution in [2.24, 2.45) is 5.92 Å². The van der Waals surface area contributed by atoms with Gasteiger partial charge in [-0.15, -0.1) is 0 Å². The fourth-order valence-corrected chi connectivity index (χ4v) is 8.94. The third-order valence-electron chi connectivity index (χ3n) is 5.97. The minimum Gasteiger partial charge on any atom is -0.460 e. The molecule has 0 bridgehead atoms. The number of hydroxylamine groups is 2. The fourth-order valence-electron chi connectivity index (χ4n) is 4.36. The average molecular weight is 500 g/mol. The van der Waals surface area contributed by atoms with Crippen molar-refractivity contribution < 1.29 is 23.6 Å². The van der Waals surface area contributed by atoms with Gasteiger partial charge in [0.2, 0.25) is 5.91 Å². The highest BCUT2D eigenvalue weighted by Crippen LogP contribution is 2.37. The molecule has 0 aliphatic carbocycles. The topological polar surface area (TPSA) is 65.1 Å². The Balaban J connectivity index is 2.37. The van der Waals surface area contributed by atoms with Crippen LogP contribution >= 0.6 is 0 Å². The number of ether oxygens (including phenoxy) is 1. The van der Waals surface area contributed by atoms with E-state index < -0.39 is 25.8 Å². The van der Waals surface area contributed by atoms with Gasteiger partial charge in [0.05, 0.1) is 19.4 Å². The molecule has 2 aromatic rings.